The van der Waals surface area contributed by atoms with Crippen LogP contribution in [0.4, 0.5) is 11.4 Å². The second kappa shape index (κ2) is 9.46. The van der Waals surface area contributed by atoms with E-state index in [1.165, 1.54) is 4.90 Å². The number of anilines is 2. The Bertz CT molecular complexity index is 1370. The molecule has 182 valence electrons. The number of ether oxygens (including phenoxy) is 1. The molecule has 2 aliphatic rings. The number of nitrogens with zero attached hydrogens (tertiary/aromatic N) is 1. The van der Waals surface area contributed by atoms with E-state index in [1.54, 1.807) is 48.5 Å². The van der Waals surface area contributed by atoms with Crippen molar-refractivity contribution in [3.8, 4) is 11.5 Å². The highest BCUT2D eigenvalue weighted by atomic mass is 16.5. The molecule has 1 fully saturated rings. The quantitative estimate of drug-likeness (QED) is 0.349. The maximum atomic E-state index is 12.9. The van der Waals surface area contributed by atoms with Crippen LogP contribution in [0.3, 0.4) is 0 Å². The molecule has 6 nitrogen and oxygen atoms in total. The van der Waals surface area contributed by atoms with Crippen LogP contribution in [-0.2, 0) is 9.59 Å². The first-order chi connectivity index (χ1) is 17.3. The first-order valence-electron chi connectivity index (χ1n) is 12.1. The fraction of sp³-hybridized carbons (Fsp3) is 0.233. The molecule has 36 heavy (non-hydrogen) atoms. The van der Waals surface area contributed by atoms with Gasteiger partial charge in [0.2, 0.25) is 11.8 Å². The van der Waals surface area contributed by atoms with Crippen molar-refractivity contribution < 1.29 is 19.1 Å². The van der Waals surface area contributed by atoms with Crippen molar-refractivity contribution in [2.45, 2.75) is 33.6 Å². The van der Waals surface area contributed by atoms with Crippen molar-refractivity contribution in [1.82, 2.24) is 0 Å². The summed E-state index contributed by atoms with van der Waals surface area (Å²) >= 11 is 0. The summed E-state index contributed by atoms with van der Waals surface area (Å²) < 4.78 is 5.98. The van der Waals surface area contributed by atoms with Gasteiger partial charge in [0.25, 0.3) is 5.91 Å². The zero-order valence-electron chi connectivity index (χ0n) is 20.6. The average Bonchev–Trinajstić information content (AvgIpc) is 3.12. The van der Waals surface area contributed by atoms with Gasteiger partial charge in [-0.3, -0.25) is 19.3 Å². The Hall–Kier alpha value is -4.19. The number of rotatable bonds is 5. The van der Waals surface area contributed by atoms with Crippen LogP contribution in [0.5, 0.6) is 11.5 Å². The SMILES string of the molecule is CC1=CC[C@H]2C(=O)N(c3ccc(C(=O)Nc4ccc(Oc5cccc(C)c5C)cc4)cc3)C(=O)[C@@H]2C1. The second-order valence-electron chi connectivity index (χ2n) is 9.54. The Morgan fingerprint density at radius 2 is 1.58 bits per heavy atom. The molecule has 2 atom stereocenters. The summed E-state index contributed by atoms with van der Waals surface area (Å²) in [5, 5.41) is 2.87. The normalized spacial score (nSPS) is 19.1. The van der Waals surface area contributed by atoms with Crippen LogP contribution in [0.2, 0.25) is 0 Å². The molecule has 1 heterocycles. The molecule has 1 aliphatic heterocycles. The molecule has 3 amide bonds. The Balaban J connectivity index is 1.24. The van der Waals surface area contributed by atoms with Gasteiger partial charge in [-0.15, -0.1) is 0 Å². The molecule has 0 aromatic heterocycles. The largest absolute Gasteiger partial charge is 0.457 e. The lowest BCUT2D eigenvalue weighted by Crippen LogP contribution is -2.30. The standard InChI is InChI=1S/C30H28N2O4/c1-18-7-16-25-26(17-18)30(35)32(29(25)34)23-12-8-21(9-13-23)28(33)31-22-10-14-24(15-11-22)36-27-6-4-5-19(2)20(27)3/h4-15,25-26H,16-17H2,1-3H3,(H,31,33)/t25-,26-/m1/s1. The van der Waals surface area contributed by atoms with Crippen LogP contribution < -0.4 is 15.0 Å². The highest BCUT2D eigenvalue weighted by molar-refractivity contribution is 6.22. The molecule has 1 saturated heterocycles. The molecule has 0 saturated carbocycles. The minimum Gasteiger partial charge on any atom is -0.457 e. The van der Waals surface area contributed by atoms with Gasteiger partial charge in [0.15, 0.2) is 0 Å². The number of imide groups is 1. The maximum Gasteiger partial charge on any atom is 0.255 e. The van der Waals surface area contributed by atoms with E-state index >= 15 is 0 Å². The highest BCUT2D eigenvalue weighted by Crippen LogP contribution is 2.39. The predicted octanol–water partition coefficient (Wildman–Crippen LogP) is 6.19. The highest BCUT2D eigenvalue weighted by Gasteiger charge is 2.48. The Kier molecular flexibility index (Phi) is 6.18. The van der Waals surface area contributed by atoms with Gasteiger partial charge >= 0.3 is 0 Å². The van der Waals surface area contributed by atoms with Crippen LogP contribution in [0, 0.1) is 25.7 Å². The summed E-state index contributed by atoms with van der Waals surface area (Å²) in [6.07, 6.45) is 3.28. The van der Waals surface area contributed by atoms with Crippen molar-refractivity contribution in [3.05, 3.63) is 95.1 Å². The number of carbonyl (C=O) groups excluding carboxylic acids is 3. The van der Waals surface area contributed by atoms with Crippen molar-refractivity contribution in [2.24, 2.45) is 11.8 Å². The number of allylic oxidation sites excluding steroid dienone is 2. The van der Waals surface area contributed by atoms with Gasteiger partial charge in [-0.1, -0.05) is 23.8 Å². The molecule has 3 aromatic carbocycles. The second-order valence-corrected chi connectivity index (χ2v) is 9.54. The van der Waals surface area contributed by atoms with E-state index < -0.39 is 0 Å². The van der Waals surface area contributed by atoms with Crippen LogP contribution in [0.25, 0.3) is 0 Å². The topological polar surface area (TPSA) is 75.7 Å². The first kappa shape index (κ1) is 23.5. The lowest BCUT2D eigenvalue weighted by Gasteiger charge is -2.18. The summed E-state index contributed by atoms with van der Waals surface area (Å²) in [5.41, 5.74) is 4.96. The molecule has 1 N–H and O–H groups in total. The van der Waals surface area contributed by atoms with E-state index in [0.29, 0.717) is 35.5 Å². The number of carbonyl (C=O) groups is 3. The summed E-state index contributed by atoms with van der Waals surface area (Å²) in [4.78, 5) is 39.9. The van der Waals surface area contributed by atoms with E-state index in [1.807, 2.05) is 45.0 Å². The lowest BCUT2D eigenvalue weighted by atomic mass is 9.82. The summed E-state index contributed by atoms with van der Waals surface area (Å²) in [6.45, 7) is 6.06. The smallest absolute Gasteiger partial charge is 0.255 e. The minimum atomic E-state index is -0.286. The number of fused-ring (bicyclic) bond motifs is 1. The van der Waals surface area contributed by atoms with E-state index in [9.17, 15) is 14.4 Å². The Morgan fingerprint density at radius 1 is 0.889 bits per heavy atom. The van der Waals surface area contributed by atoms with Crippen LogP contribution in [0.15, 0.2) is 78.4 Å². The molecular weight excluding hydrogens is 452 g/mol. The van der Waals surface area contributed by atoms with Crippen LogP contribution in [0.1, 0.15) is 41.3 Å². The van der Waals surface area contributed by atoms with Crippen LogP contribution >= 0.6 is 0 Å². The maximum absolute atomic E-state index is 12.9. The summed E-state index contributed by atoms with van der Waals surface area (Å²) in [5.74, 6) is 0.312. The first-order valence-corrected chi connectivity index (χ1v) is 12.1. The number of hydrogen-bond donors (Lipinski definition) is 1. The zero-order valence-corrected chi connectivity index (χ0v) is 20.6. The number of nitrogens with one attached hydrogen (secondary N) is 1. The van der Waals surface area contributed by atoms with Crippen LogP contribution in [-0.4, -0.2) is 17.7 Å². The Morgan fingerprint density at radius 3 is 2.31 bits per heavy atom. The molecule has 1 aliphatic carbocycles. The fourth-order valence-corrected chi connectivity index (χ4v) is 4.83. The van der Waals surface area contributed by atoms with Crippen molar-refractivity contribution >= 4 is 29.1 Å². The third-order valence-electron chi connectivity index (χ3n) is 7.11. The third kappa shape index (κ3) is 4.42. The van der Waals surface area contributed by atoms with Gasteiger partial charge in [-0.05, 0) is 99.3 Å². The number of hydrogen-bond acceptors (Lipinski definition) is 4. The number of benzene rings is 3. The predicted molar refractivity (Wildman–Crippen MR) is 139 cm³/mol. The van der Waals surface area contributed by atoms with Gasteiger partial charge in [0.05, 0.1) is 17.5 Å². The van der Waals surface area contributed by atoms with Gasteiger partial charge in [-0.2, -0.15) is 0 Å². The average molecular weight is 481 g/mol. The van der Waals surface area contributed by atoms with E-state index in [-0.39, 0.29) is 29.6 Å². The zero-order chi connectivity index (χ0) is 25.4. The molecule has 0 spiro atoms. The van der Waals surface area contributed by atoms with Gasteiger partial charge < -0.3 is 10.1 Å². The molecule has 0 radical (unpaired) electrons. The third-order valence-corrected chi connectivity index (χ3v) is 7.11. The fourth-order valence-electron chi connectivity index (χ4n) is 4.83. The summed E-state index contributed by atoms with van der Waals surface area (Å²) in [6, 6.07) is 19.7. The number of amides is 3. The lowest BCUT2D eigenvalue weighted by molar-refractivity contribution is -0.122. The van der Waals surface area contributed by atoms with E-state index in [4.69, 9.17) is 4.74 Å². The Labute approximate surface area is 210 Å². The molecule has 3 aromatic rings. The van der Waals surface area contributed by atoms with Crippen molar-refractivity contribution in [3.63, 3.8) is 0 Å². The van der Waals surface area contributed by atoms with Crippen molar-refractivity contribution in [1.29, 1.82) is 0 Å². The molecule has 0 unspecified atom stereocenters. The van der Waals surface area contributed by atoms with Crippen molar-refractivity contribution in [2.75, 3.05) is 10.2 Å². The molecule has 0 bridgehead atoms. The number of aryl methyl sites for hydroxylation is 1. The van der Waals surface area contributed by atoms with E-state index in [2.05, 4.69) is 5.32 Å². The monoisotopic (exact) mass is 480 g/mol. The summed E-state index contributed by atoms with van der Waals surface area (Å²) in [7, 11) is 0. The van der Waals surface area contributed by atoms with Gasteiger partial charge in [0, 0.05) is 11.3 Å². The van der Waals surface area contributed by atoms with Gasteiger partial charge in [0.1, 0.15) is 11.5 Å². The van der Waals surface area contributed by atoms with Gasteiger partial charge in [-0.25, -0.2) is 0 Å². The molecular formula is C30H28N2O4. The molecule has 5 rings (SSSR count). The molecule has 6 heteroatoms. The minimum absolute atomic E-state index is 0.155. The van der Waals surface area contributed by atoms with E-state index in [0.717, 1.165) is 22.4 Å².